The van der Waals surface area contributed by atoms with Crippen LogP contribution in [0.3, 0.4) is 0 Å². The summed E-state index contributed by atoms with van der Waals surface area (Å²) in [4.78, 5) is 11.6. The molecule has 134 valence electrons. The van der Waals surface area contributed by atoms with Crippen LogP contribution in [-0.2, 0) is 19.9 Å². The van der Waals surface area contributed by atoms with E-state index in [1.807, 2.05) is 0 Å². The van der Waals surface area contributed by atoms with Crippen LogP contribution < -0.4 is 4.72 Å². The molecule has 0 aromatic heterocycles. The zero-order chi connectivity index (χ0) is 18.8. The second-order valence-electron chi connectivity index (χ2n) is 5.77. The predicted molar refractivity (Wildman–Crippen MR) is 94.7 cm³/mol. The van der Waals surface area contributed by atoms with Crippen LogP contribution in [0.2, 0.25) is 0 Å². The molecule has 1 unspecified atom stereocenters. The lowest BCUT2D eigenvalue weighted by Gasteiger charge is -2.15. The van der Waals surface area contributed by atoms with Gasteiger partial charge < -0.3 is 0 Å². The summed E-state index contributed by atoms with van der Waals surface area (Å²) in [5.41, 5.74) is 0.937. The van der Waals surface area contributed by atoms with Gasteiger partial charge in [-0.15, -0.1) is 0 Å². The Morgan fingerprint density at radius 3 is 2.08 bits per heavy atom. The molecule has 0 aliphatic heterocycles. The summed E-state index contributed by atoms with van der Waals surface area (Å²) in [5.74, 6) is -0.221. The van der Waals surface area contributed by atoms with E-state index < -0.39 is 25.9 Å². The lowest BCUT2D eigenvalue weighted by atomic mass is 10.1. The Labute approximate surface area is 147 Å². The molecule has 8 heteroatoms. The van der Waals surface area contributed by atoms with Crippen molar-refractivity contribution in [3.05, 3.63) is 59.7 Å². The van der Waals surface area contributed by atoms with E-state index in [0.717, 1.165) is 6.26 Å². The first kappa shape index (κ1) is 19.3. The number of ketones is 1. The minimum atomic E-state index is -3.82. The normalized spacial score (nSPS) is 13.4. The quantitative estimate of drug-likeness (QED) is 0.775. The maximum atomic E-state index is 12.5. The number of nitrogens with one attached hydrogen (secondary N) is 1. The van der Waals surface area contributed by atoms with E-state index in [0.29, 0.717) is 11.1 Å². The molecule has 2 rings (SSSR count). The van der Waals surface area contributed by atoms with Gasteiger partial charge in [0.1, 0.15) is 0 Å². The van der Waals surface area contributed by atoms with E-state index in [1.165, 1.54) is 37.3 Å². The van der Waals surface area contributed by atoms with Gasteiger partial charge in [0.25, 0.3) is 0 Å². The molecule has 25 heavy (non-hydrogen) atoms. The number of benzene rings is 2. The number of carbonyl (C=O) groups is 1. The number of sulfone groups is 1. The van der Waals surface area contributed by atoms with Crippen LogP contribution in [-0.4, -0.2) is 28.9 Å². The zero-order valence-electron chi connectivity index (χ0n) is 14.1. The predicted octanol–water partition coefficient (Wildman–Crippen LogP) is 2.33. The van der Waals surface area contributed by atoms with Gasteiger partial charge in [0, 0.05) is 17.9 Å². The lowest BCUT2D eigenvalue weighted by molar-refractivity contribution is 0.101. The van der Waals surface area contributed by atoms with E-state index >= 15 is 0 Å². The highest BCUT2D eigenvalue weighted by atomic mass is 32.2. The Hall–Kier alpha value is -2.03. The fourth-order valence-corrected chi connectivity index (χ4v) is 4.16. The molecule has 0 saturated heterocycles. The third-order valence-electron chi connectivity index (χ3n) is 3.69. The Bertz CT molecular complexity index is 994. The van der Waals surface area contributed by atoms with Crippen molar-refractivity contribution in [1.29, 1.82) is 0 Å². The lowest BCUT2D eigenvalue weighted by Crippen LogP contribution is -2.27. The van der Waals surface area contributed by atoms with Gasteiger partial charge in [-0.25, -0.2) is 21.6 Å². The Balaban J connectivity index is 2.25. The molecule has 0 saturated carbocycles. The van der Waals surface area contributed by atoms with Crippen LogP contribution in [0.25, 0.3) is 0 Å². The minimum Gasteiger partial charge on any atom is -0.295 e. The van der Waals surface area contributed by atoms with Gasteiger partial charge in [-0.1, -0.05) is 24.3 Å². The van der Waals surface area contributed by atoms with Gasteiger partial charge in [-0.05, 0) is 43.7 Å². The van der Waals surface area contributed by atoms with Crippen molar-refractivity contribution in [2.24, 2.45) is 0 Å². The second-order valence-corrected chi connectivity index (χ2v) is 9.50. The SMILES string of the molecule is CC(=O)c1cccc(S(=O)(=O)NC(C)c2ccc(S(C)(=O)=O)cc2)c1. The first-order valence-electron chi connectivity index (χ1n) is 7.44. The maximum absolute atomic E-state index is 12.5. The highest BCUT2D eigenvalue weighted by Crippen LogP contribution is 2.20. The van der Waals surface area contributed by atoms with Crippen molar-refractivity contribution in [2.45, 2.75) is 29.7 Å². The first-order valence-corrected chi connectivity index (χ1v) is 10.8. The first-order chi connectivity index (χ1) is 11.5. The molecule has 0 heterocycles. The van der Waals surface area contributed by atoms with E-state index in [9.17, 15) is 21.6 Å². The van der Waals surface area contributed by atoms with Gasteiger partial charge in [0.2, 0.25) is 10.0 Å². The summed E-state index contributed by atoms with van der Waals surface area (Å²) in [6.07, 6.45) is 1.11. The van der Waals surface area contributed by atoms with Crippen molar-refractivity contribution in [2.75, 3.05) is 6.26 Å². The molecule has 0 radical (unpaired) electrons. The number of hydrogen-bond donors (Lipinski definition) is 1. The second kappa shape index (κ2) is 7.07. The highest BCUT2D eigenvalue weighted by Gasteiger charge is 2.19. The molecule has 1 atom stereocenters. The van der Waals surface area contributed by atoms with Gasteiger partial charge in [0.15, 0.2) is 15.6 Å². The maximum Gasteiger partial charge on any atom is 0.241 e. The number of Topliss-reactive ketones (excluding diaryl/α,β-unsaturated/α-hetero) is 1. The van der Waals surface area contributed by atoms with Crippen LogP contribution in [0.15, 0.2) is 58.3 Å². The summed E-state index contributed by atoms with van der Waals surface area (Å²) in [6.45, 7) is 3.02. The summed E-state index contributed by atoms with van der Waals surface area (Å²) >= 11 is 0. The largest absolute Gasteiger partial charge is 0.295 e. The van der Waals surface area contributed by atoms with Crippen molar-refractivity contribution >= 4 is 25.6 Å². The highest BCUT2D eigenvalue weighted by molar-refractivity contribution is 7.90. The fraction of sp³-hybridized carbons (Fsp3) is 0.235. The van der Waals surface area contributed by atoms with Crippen LogP contribution in [0.4, 0.5) is 0 Å². The summed E-state index contributed by atoms with van der Waals surface area (Å²) in [5, 5.41) is 0. The fourth-order valence-electron chi connectivity index (χ4n) is 2.25. The van der Waals surface area contributed by atoms with E-state index in [2.05, 4.69) is 4.72 Å². The van der Waals surface area contributed by atoms with Crippen molar-refractivity contribution in [3.8, 4) is 0 Å². The Morgan fingerprint density at radius 2 is 1.56 bits per heavy atom. The molecule has 1 N–H and O–H groups in total. The van der Waals surface area contributed by atoms with Crippen molar-refractivity contribution < 1.29 is 21.6 Å². The van der Waals surface area contributed by atoms with E-state index in [1.54, 1.807) is 25.1 Å². The number of rotatable bonds is 6. The van der Waals surface area contributed by atoms with E-state index in [-0.39, 0.29) is 15.6 Å². The molecular weight excluding hydrogens is 362 g/mol. The number of carbonyl (C=O) groups excluding carboxylic acids is 1. The third kappa shape index (κ3) is 4.75. The van der Waals surface area contributed by atoms with Crippen LogP contribution in [0, 0.1) is 0 Å². The number of hydrogen-bond acceptors (Lipinski definition) is 5. The van der Waals surface area contributed by atoms with Crippen LogP contribution in [0.5, 0.6) is 0 Å². The minimum absolute atomic E-state index is 0.000180. The molecular formula is C17H19NO5S2. The summed E-state index contributed by atoms with van der Waals surface area (Å²) in [7, 11) is -7.13. The molecule has 2 aromatic rings. The molecule has 2 aromatic carbocycles. The average molecular weight is 381 g/mol. The molecule has 0 aliphatic carbocycles. The van der Waals surface area contributed by atoms with Crippen LogP contribution >= 0.6 is 0 Å². The van der Waals surface area contributed by atoms with Gasteiger partial charge >= 0.3 is 0 Å². The standard InChI is InChI=1S/C17H19NO5S2/c1-12(14-7-9-16(10-8-14)24(3,20)21)18-25(22,23)17-6-4-5-15(11-17)13(2)19/h4-12,18H,1-3H3. The summed E-state index contributed by atoms with van der Waals surface area (Å²) in [6, 6.07) is 11.2. The van der Waals surface area contributed by atoms with Gasteiger partial charge in [-0.3, -0.25) is 4.79 Å². The topological polar surface area (TPSA) is 97.4 Å². The van der Waals surface area contributed by atoms with Crippen molar-refractivity contribution in [1.82, 2.24) is 4.72 Å². The monoisotopic (exact) mass is 381 g/mol. The molecule has 0 aliphatic rings. The summed E-state index contributed by atoms with van der Waals surface area (Å²) < 4.78 is 50.5. The van der Waals surface area contributed by atoms with Crippen LogP contribution in [0.1, 0.15) is 35.8 Å². The van der Waals surface area contributed by atoms with Gasteiger partial charge in [0.05, 0.1) is 9.79 Å². The van der Waals surface area contributed by atoms with Crippen molar-refractivity contribution in [3.63, 3.8) is 0 Å². The zero-order valence-corrected chi connectivity index (χ0v) is 15.7. The smallest absolute Gasteiger partial charge is 0.241 e. The average Bonchev–Trinajstić information content (AvgIpc) is 2.54. The Kier molecular flexibility index (Phi) is 5.46. The number of sulfonamides is 1. The van der Waals surface area contributed by atoms with E-state index in [4.69, 9.17) is 0 Å². The molecule has 6 nitrogen and oxygen atoms in total. The van der Waals surface area contributed by atoms with Gasteiger partial charge in [-0.2, -0.15) is 0 Å². The third-order valence-corrected chi connectivity index (χ3v) is 6.36. The molecule has 0 bridgehead atoms. The molecule has 0 spiro atoms. The molecule has 0 amide bonds. The molecule has 0 fully saturated rings. The Morgan fingerprint density at radius 1 is 0.960 bits per heavy atom.